The summed E-state index contributed by atoms with van der Waals surface area (Å²) in [5, 5.41) is 7.26. The number of hydrogen-bond acceptors (Lipinski definition) is 2. The quantitative estimate of drug-likeness (QED) is 0.182. The van der Waals surface area contributed by atoms with Gasteiger partial charge >= 0.3 is 0 Å². The highest BCUT2D eigenvalue weighted by Crippen LogP contribution is 2.52. The summed E-state index contributed by atoms with van der Waals surface area (Å²) in [6.07, 6.45) is 0. The Balaban J connectivity index is 1.10. The van der Waals surface area contributed by atoms with Crippen molar-refractivity contribution >= 4 is 60.5 Å². The molecule has 2 heteroatoms. The molecule has 10 rings (SSSR count). The summed E-state index contributed by atoms with van der Waals surface area (Å²) < 4.78 is 6.65. The Morgan fingerprint density at radius 1 is 0.426 bits per heavy atom. The summed E-state index contributed by atoms with van der Waals surface area (Å²) in [4.78, 5) is 2.40. The van der Waals surface area contributed by atoms with Crippen molar-refractivity contribution in [2.45, 2.75) is 52.4 Å². The molecule has 1 aliphatic carbocycles. The zero-order valence-electron chi connectivity index (χ0n) is 31.8. The fraction of sp³-hybridized carbons (Fsp3) is 0.154. The maximum absolute atomic E-state index is 6.65. The zero-order chi connectivity index (χ0) is 36.9. The molecule has 54 heavy (non-hydrogen) atoms. The van der Waals surface area contributed by atoms with Crippen LogP contribution in [0, 0.1) is 0 Å². The largest absolute Gasteiger partial charge is 0.454 e. The van der Waals surface area contributed by atoms with Crippen molar-refractivity contribution in [1.29, 1.82) is 0 Å². The predicted molar refractivity (Wildman–Crippen MR) is 231 cm³/mol. The first-order valence-corrected chi connectivity index (χ1v) is 19.1. The van der Waals surface area contributed by atoms with Crippen LogP contribution >= 0.6 is 0 Å². The van der Waals surface area contributed by atoms with E-state index in [1.807, 2.05) is 6.07 Å². The fourth-order valence-corrected chi connectivity index (χ4v) is 8.51. The number of para-hydroxylation sites is 3. The third-order valence-electron chi connectivity index (χ3n) is 11.4. The van der Waals surface area contributed by atoms with Crippen LogP contribution in [-0.2, 0) is 10.8 Å². The average Bonchev–Trinajstić information content (AvgIpc) is 3.56. The van der Waals surface area contributed by atoms with Crippen LogP contribution in [0.1, 0.15) is 52.7 Å². The smallest absolute Gasteiger partial charge is 0.159 e. The Morgan fingerprint density at radius 3 is 1.70 bits per heavy atom. The molecule has 0 radical (unpaired) electrons. The second-order valence-electron chi connectivity index (χ2n) is 17.1. The van der Waals surface area contributed by atoms with Crippen molar-refractivity contribution < 1.29 is 4.42 Å². The van der Waals surface area contributed by atoms with Crippen LogP contribution in [0.5, 0.6) is 0 Å². The minimum absolute atomic E-state index is 0.0708. The molecule has 1 heterocycles. The van der Waals surface area contributed by atoms with Crippen molar-refractivity contribution in [2.75, 3.05) is 4.90 Å². The minimum Gasteiger partial charge on any atom is -0.454 e. The highest BCUT2D eigenvalue weighted by Gasteiger charge is 2.27. The Hall–Kier alpha value is -6.12. The third-order valence-corrected chi connectivity index (χ3v) is 11.4. The van der Waals surface area contributed by atoms with Gasteiger partial charge in [0.05, 0.1) is 5.69 Å². The minimum atomic E-state index is -0.0708. The molecule has 0 bridgehead atoms. The first kappa shape index (κ1) is 32.5. The number of nitrogens with zero attached hydrogens (tertiary/aromatic N) is 1. The van der Waals surface area contributed by atoms with Crippen LogP contribution in [0.15, 0.2) is 156 Å². The van der Waals surface area contributed by atoms with E-state index in [2.05, 4.69) is 192 Å². The first-order chi connectivity index (χ1) is 26.0. The number of benzene rings is 8. The van der Waals surface area contributed by atoms with E-state index >= 15 is 0 Å². The molecule has 0 aliphatic heterocycles. The number of hydrogen-bond donors (Lipinski definition) is 0. The number of rotatable bonds is 4. The van der Waals surface area contributed by atoms with Gasteiger partial charge in [-0.2, -0.15) is 0 Å². The molecule has 1 aliphatic rings. The maximum atomic E-state index is 6.65. The molecule has 9 aromatic rings. The van der Waals surface area contributed by atoms with Crippen LogP contribution in [0.25, 0.3) is 76.9 Å². The molecule has 0 saturated heterocycles. The molecule has 2 nitrogen and oxygen atoms in total. The van der Waals surface area contributed by atoms with Gasteiger partial charge in [-0.05, 0) is 138 Å². The number of furan rings is 1. The lowest BCUT2D eigenvalue weighted by Crippen LogP contribution is -2.19. The lowest BCUT2D eigenvalue weighted by Gasteiger charge is -2.32. The van der Waals surface area contributed by atoms with Gasteiger partial charge in [0, 0.05) is 22.1 Å². The first-order valence-electron chi connectivity index (χ1n) is 19.1. The summed E-state index contributed by atoms with van der Waals surface area (Å²) in [5.41, 5.74) is 15.6. The van der Waals surface area contributed by atoms with Crippen LogP contribution in [0.3, 0.4) is 0 Å². The summed E-state index contributed by atoms with van der Waals surface area (Å²) in [6, 6.07) is 56.1. The van der Waals surface area contributed by atoms with Crippen molar-refractivity contribution in [3.63, 3.8) is 0 Å². The molecular weight excluding hydrogens is 655 g/mol. The lowest BCUT2D eigenvalue weighted by atomic mass is 9.77. The van der Waals surface area contributed by atoms with E-state index in [9.17, 15) is 0 Å². The second kappa shape index (κ2) is 11.7. The molecular formula is C52H43NO. The Kier molecular flexibility index (Phi) is 7.04. The molecule has 0 atom stereocenters. The normalized spacial score (nSPS) is 12.6. The van der Waals surface area contributed by atoms with Gasteiger partial charge in [-0.15, -0.1) is 0 Å². The van der Waals surface area contributed by atoms with Crippen molar-refractivity contribution in [3.05, 3.63) is 163 Å². The zero-order valence-corrected chi connectivity index (χ0v) is 31.8. The van der Waals surface area contributed by atoms with E-state index in [1.54, 1.807) is 0 Å². The van der Waals surface area contributed by atoms with Crippen LogP contribution in [-0.4, -0.2) is 0 Å². The highest BCUT2D eigenvalue weighted by atomic mass is 16.3. The van der Waals surface area contributed by atoms with Crippen molar-refractivity contribution in [1.82, 2.24) is 0 Å². The van der Waals surface area contributed by atoms with Crippen molar-refractivity contribution in [3.8, 4) is 33.4 Å². The summed E-state index contributed by atoms with van der Waals surface area (Å²) in [5.74, 6) is 0. The van der Waals surface area contributed by atoms with Gasteiger partial charge in [0.2, 0.25) is 0 Å². The van der Waals surface area contributed by atoms with Gasteiger partial charge in [-0.1, -0.05) is 133 Å². The lowest BCUT2D eigenvalue weighted by molar-refractivity contribution is 0.590. The summed E-state index contributed by atoms with van der Waals surface area (Å²) in [6.45, 7) is 13.7. The van der Waals surface area contributed by atoms with Gasteiger partial charge in [-0.3, -0.25) is 0 Å². The standard InChI is InChI=1S/C52H43NO/c1-51(2,3)38-23-20-32(21-24-38)33-18-19-34-28-42-43-29-35-22-25-39(27-37(35)31-45(43)44(42)30-36(34)26-33)53(47-15-9-8-14-46(47)52(4,5)6)48-16-11-13-41-40-12-7-10-17-49(40)54-50(41)48/h7-31H,1-6H3. The predicted octanol–water partition coefficient (Wildman–Crippen LogP) is 15.3. The Labute approximate surface area is 317 Å². The summed E-state index contributed by atoms with van der Waals surface area (Å²) >= 11 is 0. The molecule has 8 aromatic carbocycles. The molecule has 0 saturated carbocycles. The van der Waals surface area contributed by atoms with E-state index in [-0.39, 0.29) is 10.8 Å². The van der Waals surface area contributed by atoms with E-state index < -0.39 is 0 Å². The number of fused-ring (bicyclic) bond motifs is 9. The number of anilines is 3. The molecule has 0 spiro atoms. The van der Waals surface area contributed by atoms with Crippen LogP contribution in [0.4, 0.5) is 17.1 Å². The topological polar surface area (TPSA) is 16.4 Å². The monoisotopic (exact) mass is 697 g/mol. The average molecular weight is 698 g/mol. The fourth-order valence-electron chi connectivity index (χ4n) is 8.51. The molecule has 0 fully saturated rings. The second-order valence-corrected chi connectivity index (χ2v) is 17.1. The molecule has 0 unspecified atom stereocenters. The van der Waals surface area contributed by atoms with E-state index in [1.165, 1.54) is 66.1 Å². The van der Waals surface area contributed by atoms with Gasteiger partial charge in [-0.25, -0.2) is 0 Å². The van der Waals surface area contributed by atoms with Gasteiger partial charge in [0.15, 0.2) is 5.58 Å². The van der Waals surface area contributed by atoms with Gasteiger partial charge in [0.25, 0.3) is 0 Å². The highest BCUT2D eigenvalue weighted by molar-refractivity contribution is 6.13. The summed E-state index contributed by atoms with van der Waals surface area (Å²) in [7, 11) is 0. The molecule has 1 aromatic heterocycles. The Morgan fingerprint density at radius 2 is 1.00 bits per heavy atom. The SMILES string of the molecule is CC(C)(C)c1ccc(-c2ccc3cc4c(cc3c2)-c2cc3cc(N(c5ccccc5C(C)(C)C)c5cccc6c5oc5ccccc56)ccc3cc2-4)cc1. The van der Waals surface area contributed by atoms with E-state index in [0.29, 0.717) is 0 Å². The van der Waals surface area contributed by atoms with Crippen LogP contribution < -0.4 is 4.90 Å². The molecule has 0 amide bonds. The van der Waals surface area contributed by atoms with Gasteiger partial charge in [0.1, 0.15) is 5.58 Å². The molecule has 0 N–H and O–H groups in total. The van der Waals surface area contributed by atoms with Crippen molar-refractivity contribution in [2.24, 2.45) is 0 Å². The van der Waals surface area contributed by atoms with Gasteiger partial charge < -0.3 is 9.32 Å². The van der Waals surface area contributed by atoms with E-state index in [4.69, 9.17) is 4.42 Å². The molecule has 262 valence electrons. The van der Waals surface area contributed by atoms with E-state index in [0.717, 1.165) is 39.0 Å². The van der Waals surface area contributed by atoms with Crippen LogP contribution in [0.2, 0.25) is 0 Å². The maximum Gasteiger partial charge on any atom is 0.159 e. The Bertz CT molecular complexity index is 2950. The third kappa shape index (κ3) is 5.16.